The molecule has 2 aromatic heterocycles. The van der Waals surface area contributed by atoms with E-state index in [1.807, 2.05) is 30.4 Å². The molecule has 3 aliphatic rings. The van der Waals surface area contributed by atoms with E-state index in [1.54, 1.807) is 16.5 Å². The molecule has 41 heavy (non-hydrogen) atoms. The van der Waals surface area contributed by atoms with Crippen LogP contribution in [0.3, 0.4) is 0 Å². The molecule has 1 N–H and O–H groups in total. The maximum Gasteiger partial charge on any atom is 0.330 e. The molecule has 0 spiro atoms. The summed E-state index contributed by atoms with van der Waals surface area (Å²) in [5, 5.41) is 4.89. The van der Waals surface area contributed by atoms with Crippen LogP contribution in [0.2, 0.25) is 4.34 Å². The molecular formula is C28H30ClFN6O4S. The number of morpholine rings is 1. The summed E-state index contributed by atoms with van der Waals surface area (Å²) in [6.45, 7) is 5.14. The lowest BCUT2D eigenvalue weighted by molar-refractivity contribution is 0.0320. The van der Waals surface area contributed by atoms with Crippen LogP contribution in [-0.4, -0.2) is 73.5 Å². The molecule has 5 heterocycles. The van der Waals surface area contributed by atoms with Crippen LogP contribution >= 0.6 is 22.9 Å². The van der Waals surface area contributed by atoms with Gasteiger partial charge >= 0.3 is 6.03 Å². The summed E-state index contributed by atoms with van der Waals surface area (Å²) in [5.74, 6) is 1.60. The van der Waals surface area contributed by atoms with Crippen molar-refractivity contribution in [2.75, 3.05) is 67.7 Å². The first-order chi connectivity index (χ1) is 20.1. The van der Waals surface area contributed by atoms with Gasteiger partial charge < -0.3 is 19.5 Å². The lowest BCUT2D eigenvalue weighted by atomic mass is 10.1. The number of ether oxygens (including phenoxy) is 3. The van der Waals surface area contributed by atoms with Crippen LogP contribution in [0.1, 0.15) is 16.7 Å². The quantitative estimate of drug-likeness (QED) is 0.389. The van der Waals surface area contributed by atoms with Gasteiger partial charge in [0.1, 0.15) is 29.2 Å². The fourth-order valence-electron chi connectivity index (χ4n) is 4.99. The SMILES string of the molecule is O=C1N2C/C=C/COCc3cc(ccc3OCCN3CCOCC3)Nc3ncc(c2n3)CN1c1c(CF)csc1Cl. The molecular weight excluding hydrogens is 571 g/mol. The predicted molar refractivity (Wildman–Crippen MR) is 156 cm³/mol. The minimum absolute atomic E-state index is 0.182. The highest BCUT2D eigenvalue weighted by Crippen LogP contribution is 2.41. The number of hydrogen-bond donors (Lipinski definition) is 1. The third-order valence-electron chi connectivity index (χ3n) is 7.11. The van der Waals surface area contributed by atoms with Crippen LogP contribution in [0.5, 0.6) is 5.75 Å². The molecule has 13 heteroatoms. The predicted octanol–water partition coefficient (Wildman–Crippen LogP) is 5.15. The van der Waals surface area contributed by atoms with Gasteiger partial charge in [-0.1, -0.05) is 23.8 Å². The molecule has 0 saturated carbocycles. The standard InChI is InChI=1S/C28H30ClFN6O4S/c29-25-24(20(14-30)18-41-25)36-16-21-15-31-27-32-22-3-4-23(40-12-8-34-6-10-38-11-7-34)19(13-22)17-39-9-2-1-5-35(28(36)37)26(21)33-27/h1-4,13,15,18H,5-12,14,16-17H2,(H,31,32,33)/b2-1+. The molecule has 216 valence electrons. The zero-order valence-corrected chi connectivity index (χ0v) is 23.9. The molecule has 1 aromatic carbocycles. The van der Waals surface area contributed by atoms with Crippen molar-refractivity contribution in [1.29, 1.82) is 0 Å². The monoisotopic (exact) mass is 600 g/mol. The summed E-state index contributed by atoms with van der Waals surface area (Å²) < 4.78 is 31.6. The van der Waals surface area contributed by atoms with Crippen molar-refractivity contribution in [2.24, 2.45) is 0 Å². The molecule has 4 bridgehead atoms. The molecule has 1 saturated heterocycles. The highest BCUT2D eigenvalue weighted by atomic mass is 35.5. The average molecular weight is 601 g/mol. The number of thiophene rings is 1. The first-order valence-electron chi connectivity index (χ1n) is 13.4. The van der Waals surface area contributed by atoms with Crippen LogP contribution in [-0.2, 0) is 29.3 Å². The van der Waals surface area contributed by atoms with Gasteiger partial charge in [0.25, 0.3) is 0 Å². The number of benzene rings is 1. The number of amides is 2. The van der Waals surface area contributed by atoms with E-state index in [2.05, 4.69) is 15.2 Å². The zero-order chi connectivity index (χ0) is 28.2. The van der Waals surface area contributed by atoms with E-state index in [0.717, 1.165) is 55.4 Å². The van der Waals surface area contributed by atoms with Gasteiger partial charge in [-0.3, -0.25) is 14.7 Å². The van der Waals surface area contributed by atoms with Crippen LogP contribution < -0.4 is 19.9 Å². The van der Waals surface area contributed by atoms with Gasteiger partial charge in [0.05, 0.1) is 38.7 Å². The number of urea groups is 1. The summed E-state index contributed by atoms with van der Waals surface area (Å²) >= 11 is 7.60. The van der Waals surface area contributed by atoms with Gasteiger partial charge in [-0.2, -0.15) is 4.98 Å². The number of alkyl halides is 1. The summed E-state index contributed by atoms with van der Waals surface area (Å²) in [6.07, 6.45) is 5.41. The van der Waals surface area contributed by atoms with E-state index in [9.17, 15) is 9.18 Å². The molecule has 6 rings (SSSR count). The Morgan fingerprint density at radius 1 is 1.15 bits per heavy atom. The Balaban J connectivity index is 1.25. The summed E-state index contributed by atoms with van der Waals surface area (Å²) in [7, 11) is 0. The van der Waals surface area contributed by atoms with Crippen molar-refractivity contribution in [3.05, 3.63) is 63.0 Å². The number of halogens is 2. The van der Waals surface area contributed by atoms with E-state index in [1.165, 1.54) is 16.2 Å². The second kappa shape index (κ2) is 12.7. The molecule has 10 nitrogen and oxygen atoms in total. The Kier molecular flexibility index (Phi) is 8.63. The molecule has 0 aliphatic carbocycles. The number of fused-ring (bicyclic) bond motifs is 3. The summed E-state index contributed by atoms with van der Waals surface area (Å²) in [6, 6.07) is 5.45. The number of nitrogens with zero attached hydrogens (tertiary/aromatic N) is 5. The third kappa shape index (κ3) is 6.16. The van der Waals surface area contributed by atoms with Gasteiger partial charge in [0, 0.05) is 60.1 Å². The van der Waals surface area contributed by atoms with E-state index < -0.39 is 6.67 Å². The fraction of sp³-hybridized carbons (Fsp3) is 0.393. The minimum atomic E-state index is -0.717. The van der Waals surface area contributed by atoms with E-state index in [0.29, 0.717) is 47.2 Å². The topological polar surface area (TPSA) is 92.3 Å². The highest BCUT2D eigenvalue weighted by molar-refractivity contribution is 7.15. The first kappa shape index (κ1) is 27.9. The van der Waals surface area contributed by atoms with Crippen molar-refractivity contribution in [2.45, 2.75) is 19.8 Å². The number of carbonyl (C=O) groups excluding carboxylic acids is 1. The van der Waals surface area contributed by atoms with Crippen molar-refractivity contribution in [3.8, 4) is 5.75 Å². The van der Waals surface area contributed by atoms with E-state index >= 15 is 0 Å². The first-order valence-corrected chi connectivity index (χ1v) is 14.7. The molecule has 1 fully saturated rings. The zero-order valence-electron chi connectivity index (χ0n) is 22.4. The normalized spacial score (nSPS) is 18.5. The van der Waals surface area contributed by atoms with Crippen molar-refractivity contribution < 1.29 is 23.4 Å². The second-order valence-electron chi connectivity index (χ2n) is 9.78. The lowest BCUT2D eigenvalue weighted by Crippen LogP contribution is -2.48. The van der Waals surface area contributed by atoms with E-state index in [-0.39, 0.29) is 19.1 Å². The minimum Gasteiger partial charge on any atom is -0.492 e. The number of nitrogens with one attached hydrogen (secondary N) is 1. The van der Waals surface area contributed by atoms with Gasteiger partial charge in [-0.05, 0) is 18.2 Å². The number of aromatic nitrogens is 2. The Morgan fingerprint density at radius 2 is 2.02 bits per heavy atom. The summed E-state index contributed by atoms with van der Waals surface area (Å²) in [4.78, 5) is 28.3. The molecule has 0 unspecified atom stereocenters. The third-order valence-corrected chi connectivity index (χ3v) is 8.36. The Labute approximate surface area is 246 Å². The van der Waals surface area contributed by atoms with Crippen LogP contribution in [0.4, 0.5) is 32.3 Å². The lowest BCUT2D eigenvalue weighted by Gasteiger charge is -2.36. The van der Waals surface area contributed by atoms with Gasteiger partial charge in [-0.15, -0.1) is 11.3 Å². The van der Waals surface area contributed by atoms with Crippen molar-refractivity contribution in [3.63, 3.8) is 0 Å². The van der Waals surface area contributed by atoms with Crippen LogP contribution in [0.25, 0.3) is 0 Å². The Morgan fingerprint density at radius 3 is 2.88 bits per heavy atom. The smallest absolute Gasteiger partial charge is 0.330 e. The maximum absolute atomic E-state index is 13.7. The Hall–Kier alpha value is -3.29. The van der Waals surface area contributed by atoms with Gasteiger partial charge in [0.2, 0.25) is 5.95 Å². The second-order valence-corrected chi connectivity index (χ2v) is 11.3. The number of anilines is 4. The number of carbonyl (C=O) groups is 1. The number of hydrogen-bond acceptors (Lipinski definition) is 9. The van der Waals surface area contributed by atoms with Gasteiger partial charge in [-0.25, -0.2) is 14.2 Å². The molecule has 0 atom stereocenters. The fourth-order valence-corrected chi connectivity index (χ4v) is 6.12. The summed E-state index contributed by atoms with van der Waals surface area (Å²) in [5.41, 5.74) is 3.17. The Bertz CT molecular complexity index is 1430. The molecule has 2 amide bonds. The van der Waals surface area contributed by atoms with Gasteiger partial charge in [0.15, 0.2) is 0 Å². The molecule has 3 aliphatic heterocycles. The highest BCUT2D eigenvalue weighted by Gasteiger charge is 2.35. The van der Waals surface area contributed by atoms with Crippen LogP contribution in [0.15, 0.2) is 41.9 Å². The average Bonchev–Trinajstić information content (AvgIpc) is 3.36. The van der Waals surface area contributed by atoms with Crippen molar-refractivity contribution >= 4 is 52.1 Å². The number of rotatable bonds is 6. The largest absolute Gasteiger partial charge is 0.492 e. The molecule has 3 aromatic rings. The van der Waals surface area contributed by atoms with Crippen LogP contribution in [0, 0.1) is 0 Å². The molecule has 0 radical (unpaired) electrons. The maximum atomic E-state index is 13.7. The van der Waals surface area contributed by atoms with Crippen molar-refractivity contribution in [1.82, 2.24) is 14.9 Å². The van der Waals surface area contributed by atoms with E-state index in [4.69, 9.17) is 30.8 Å².